The van der Waals surface area contributed by atoms with E-state index in [-0.39, 0.29) is 0 Å². The first-order valence-electron chi connectivity index (χ1n) is 6.97. The third kappa shape index (κ3) is 4.07. The number of nitrogens with zero attached hydrogens (tertiary/aromatic N) is 5. The molecule has 0 unspecified atom stereocenters. The Balaban J connectivity index is 1.60. The molecule has 18 heavy (non-hydrogen) atoms. The van der Waals surface area contributed by atoms with E-state index in [2.05, 4.69) is 34.0 Å². The Labute approximate surface area is 110 Å². The van der Waals surface area contributed by atoms with Gasteiger partial charge in [-0.05, 0) is 26.9 Å². The van der Waals surface area contributed by atoms with E-state index < -0.39 is 0 Å². The summed E-state index contributed by atoms with van der Waals surface area (Å²) < 4.78 is 1.89. The van der Waals surface area contributed by atoms with Crippen LogP contribution in [-0.4, -0.2) is 64.3 Å². The lowest BCUT2D eigenvalue weighted by Gasteiger charge is -2.26. The zero-order valence-electron chi connectivity index (χ0n) is 11.6. The van der Waals surface area contributed by atoms with Crippen LogP contribution in [0.5, 0.6) is 0 Å². The number of likely N-dealkylation sites (N-methyl/N-ethyl adjacent to an activating group) is 2. The van der Waals surface area contributed by atoms with Crippen molar-refractivity contribution in [2.75, 3.05) is 33.7 Å². The van der Waals surface area contributed by atoms with Crippen LogP contribution < -0.4 is 0 Å². The second-order valence-electron chi connectivity index (χ2n) is 5.38. The SMILES string of the molecule is CN(CCN(C)C1CCCC1)CCn1cncn1. The molecule has 0 amide bonds. The van der Waals surface area contributed by atoms with Crippen LogP contribution in [0, 0.1) is 0 Å². The van der Waals surface area contributed by atoms with Crippen molar-refractivity contribution in [3.05, 3.63) is 12.7 Å². The molecule has 1 aromatic heterocycles. The van der Waals surface area contributed by atoms with Crippen molar-refractivity contribution in [2.24, 2.45) is 0 Å². The maximum absolute atomic E-state index is 4.11. The van der Waals surface area contributed by atoms with Gasteiger partial charge in [0.05, 0.1) is 6.54 Å². The zero-order valence-corrected chi connectivity index (χ0v) is 11.6. The van der Waals surface area contributed by atoms with Crippen molar-refractivity contribution >= 4 is 0 Å². The van der Waals surface area contributed by atoms with Gasteiger partial charge in [-0.25, -0.2) is 4.98 Å². The minimum absolute atomic E-state index is 0.828. The van der Waals surface area contributed by atoms with E-state index in [9.17, 15) is 0 Å². The van der Waals surface area contributed by atoms with Crippen molar-refractivity contribution < 1.29 is 0 Å². The van der Waals surface area contributed by atoms with Gasteiger partial charge >= 0.3 is 0 Å². The molecule has 1 fully saturated rings. The average Bonchev–Trinajstić information content (AvgIpc) is 3.05. The Morgan fingerprint density at radius 1 is 1.17 bits per heavy atom. The molecule has 0 aliphatic heterocycles. The van der Waals surface area contributed by atoms with Crippen molar-refractivity contribution in [3.63, 3.8) is 0 Å². The molecule has 0 radical (unpaired) electrons. The molecular formula is C13H25N5. The summed E-state index contributed by atoms with van der Waals surface area (Å²) in [4.78, 5) is 8.85. The first kappa shape index (κ1) is 13.5. The topological polar surface area (TPSA) is 37.2 Å². The third-order valence-corrected chi connectivity index (χ3v) is 3.96. The van der Waals surface area contributed by atoms with Crippen LogP contribution in [-0.2, 0) is 6.54 Å². The fourth-order valence-corrected chi connectivity index (χ4v) is 2.59. The minimum Gasteiger partial charge on any atom is -0.303 e. The Kier molecular flexibility index (Phi) is 5.13. The van der Waals surface area contributed by atoms with Crippen LogP contribution in [0.4, 0.5) is 0 Å². The van der Waals surface area contributed by atoms with Gasteiger partial charge in [-0.2, -0.15) is 5.10 Å². The van der Waals surface area contributed by atoms with Gasteiger partial charge in [0.2, 0.25) is 0 Å². The van der Waals surface area contributed by atoms with E-state index in [1.54, 1.807) is 12.7 Å². The third-order valence-electron chi connectivity index (χ3n) is 3.96. The standard InChI is InChI=1S/C13H25N5/c1-16(8-10-18-12-14-11-15-18)7-9-17(2)13-5-3-4-6-13/h11-13H,3-10H2,1-2H3. The normalized spacial score (nSPS) is 17.1. The van der Waals surface area contributed by atoms with Crippen LogP contribution in [0.15, 0.2) is 12.7 Å². The largest absolute Gasteiger partial charge is 0.303 e. The van der Waals surface area contributed by atoms with E-state index >= 15 is 0 Å². The number of hydrogen-bond acceptors (Lipinski definition) is 4. The van der Waals surface area contributed by atoms with Gasteiger partial charge in [0.1, 0.15) is 12.7 Å². The van der Waals surface area contributed by atoms with E-state index in [0.29, 0.717) is 0 Å². The number of hydrogen-bond donors (Lipinski definition) is 0. The fourth-order valence-electron chi connectivity index (χ4n) is 2.59. The Bertz CT molecular complexity index is 318. The zero-order chi connectivity index (χ0) is 12.8. The summed E-state index contributed by atoms with van der Waals surface area (Å²) in [5.41, 5.74) is 0. The first-order chi connectivity index (χ1) is 8.75. The molecule has 0 aromatic carbocycles. The molecule has 0 bridgehead atoms. The summed E-state index contributed by atoms with van der Waals surface area (Å²) in [5, 5.41) is 4.11. The van der Waals surface area contributed by atoms with E-state index in [0.717, 1.165) is 25.7 Å². The molecule has 1 aliphatic rings. The van der Waals surface area contributed by atoms with Crippen LogP contribution in [0.2, 0.25) is 0 Å². The maximum Gasteiger partial charge on any atom is 0.137 e. The quantitative estimate of drug-likeness (QED) is 0.727. The predicted molar refractivity (Wildman–Crippen MR) is 72.4 cm³/mol. The molecule has 5 heteroatoms. The molecule has 102 valence electrons. The molecule has 1 aromatic rings. The van der Waals surface area contributed by atoms with Gasteiger partial charge in [-0.3, -0.25) is 4.68 Å². The summed E-state index contributed by atoms with van der Waals surface area (Å²) in [7, 11) is 4.45. The second-order valence-corrected chi connectivity index (χ2v) is 5.38. The van der Waals surface area contributed by atoms with Gasteiger partial charge < -0.3 is 9.80 Å². The molecule has 2 rings (SSSR count). The Morgan fingerprint density at radius 3 is 2.61 bits per heavy atom. The summed E-state index contributed by atoms with van der Waals surface area (Å²) >= 11 is 0. The van der Waals surface area contributed by atoms with Gasteiger partial charge in [-0.1, -0.05) is 12.8 Å². The van der Waals surface area contributed by atoms with Crippen LogP contribution in [0.1, 0.15) is 25.7 Å². The molecule has 0 N–H and O–H groups in total. The molecule has 5 nitrogen and oxygen atoms in total. The highest BCUT2D eigenvalue weighted by atomic mass is 15.3. The molecule has 1 aliphatic carbocycles. The lowest BCUT2D eigenvalue weighted by molar-refractivity contribution is 0.203. The van der Waals surface area contributed by atoms with Gasteiger partial charge in [0.25, 0.3) is 0 Å². The predicted octanol–water partition coefficient (Wildman–Crippen LogP) is 1.08. The number of aromatic nitrogens is 3. The van der Waals surface area contributed by atoms with Gasteiger partial charge in [0.15, 0.2) is 0 Å². The summed E-state index contributed by atoms with van der Waals surface area (Å²) in [6.45, 7) is 4.24. The lowest BCUT2D eigenvalue weighted by Crippen LogP contribution is -2.37. The molecule has 0 spiro atoms. The smallest absolute Gasteiger partial charge is 0.137 e. The number of rotatable bonds is 7. The highest BCUT2D eigenvalue weighted by Crippen LogP contribution is 2.21. The molecule has 0 saturated heterocycles. The highest BCUT2D eigenvalue weighted by Gasteiger charge is 2.19. The Morgan fingerprint density at radius 2 is 1.94 bits per heavy atom. The maximum atomic E-state index is 4.11. The molecule has 1 heterocycles. The van der Waals surface area contributed by atoms with Crippen LogP contribution in [0.25, 0.3) is 0 Å². The Hall–Kier alpha value is -0.940. The lowest BCUT2D eigenvalue weighted by atomic mass is 10.2. The summed E-state index contributed by atoms with van der Waals surface area (Å²) in [6, 6.07) is 0.828. The summed E-state index contributed by atoms with van der Waals surface area (Å²) in [5.74, 6) is 0. The van der Waals surface area contributed by atoms with E-state index in [4.69, 9.17) is 0 Å². The van der Waals surface area contributed by atoms with E-state index in [1.807, 2.05) is 4.68 Å². The van der Waals surface area contributed by atoms with Gasteiger partial charge in [-0.15, -0.1) is 0 Å². The van der Waals surface area contributed by atoms with Crippen LogP contribution >= 0.6 is 0 Å². The van der Waals surface area contributed by atoms with E-state index in [1.165, 1.54) is 32.2 Å². The van der Waals surface area contributed by atoms with Crippen molar-refractivity contribution in [3.8, 4) is 0 Å². The fraction of sp³-hybridized carbons (Fsp3) is 0.846. The second kappa shape index (κ2) is 6.85. The average molecular weight is 251 g/mol. The van der Waals surface area contributed by atoms with Crippen LogP contribution in [0.3, 0.4) is 0 Å². The summed E-state index contributed by atoms with van der Waals surface area (Å²) in [6.07, 6.45) is 8.97. The monoisotopic (exact) mass is 251 g/mol. The van der Waals surface area contributed by atoms with Gasteiger partial charge in [0, 0.05) is 25.7 Å². The molecule has 0 atom stereocenters. The molecule has 1 saturated carbocycles. The highest BCUT2D eigenvalue weighted by molar-refractivity contribution is 4.75. The minimum atomic E-state index is 0.828. The van der Waals surface area contributed by atoms with Crippen molar-refractivity contribution in [2.45, 2.75) is 38.3 Å². The first-order valence-corrected chi connectivity index (χ1v) is 6.97. The molecular weight excluding hydrogens is 226 g/mol. The van der Waals surface area contributed by atoms with Crippen molar-refractivity contribution in [1.82, 2.24) is 24.6 Å². The van der Waals surface area contributed by atoms with Crippen molar-refractivity contribution in [1.29, 1.82) is 0 Å².